The molecule has 19 heavy (non-hydrogen) atoms. The summed E-state index contributed by atoms with van der Waals surface area (Å²) in [5.74, 6) is -1.59. The fourth-order valence-electron chi connectivity index (χ4n) is 2.03. The molecular weight excluding hydrogens is 250 g/mol. The van der Waals surface area contributed by atoms with Crippen LogP contribution in [0, 0.1) is 0 Å². The molecule has 0 unspecified atom stereocenters. The van der Waals surface area contributed by atoms with Gasteiger partial charge in [-0.05, 0) is 12.1 Å². The Morgan fingerprint density at radius 2 is 2.11 bits per heavy atom. The molecule has 2 heterocycles. The van der Waals surface area contributed by atoms with E-state index in [1.807, 2.05) is 0 Å². The van der Waals surface area contributed by atoms with Gasteiger partial charge >= 0.3 is 5.97 Å². The lowest BCUT2D eigenvalue weighted by Crippen LogP contribution is -2.50. The third-order valence-corrected chi connectivity index (χ3v) is 3.15. The van der Waals surface area contributed by atoms with Crippen molar-refractivity contribution in [3.8, 4) is 0 Å². The molecule has 1 aliphatic heterocycles. The molecule has 2 rings (SSSR count). The highest BCUT2D eigenvalue weighted by atomic mass is 16.5. The molecule has 1 aliphatic rings. The van der Waals surface area contributed by atoms with E-state index in [2.05, 4.69) is 10.3 Å². The molecule has 1 saturated heterocycles. The molecule has 102 valence electrons. The second-order valence-corrected chi connectivity index (χ2v) is 4.42. The summed E-state index contributed by atoms with van der Waals surface area (Å²) in [5.41, 5.74) is 4.67. The van der Waals surface area contributed by atoms with Crippen molar-refractivity contribution in [2.75, 3.05) is 18.5 Å². The normalized spacial score (nSPS) is 17.7. The summed E-state index contributed by atoms with van der Waals surface area (Å²) in [4.78, 5) is 26.3. The molecule has 1 amide bonds. The molecule has 0 atom stereocenters. The summed E-state index contributed by atoms with van der Waals surface area (Å²) >= 11 is 0. The summed E-state index contributed by atoms with van der Waals surface area (Å²) in [5, 5.41) is 12.4. The van der Waals surface area contributed by atoms with Crippen molar-refractivity contribution in [2.45, 2.75) is 18.4 Å². The van der Waals surface area contributed by atoms with Crippen molar-refractivity contribution in [2.24, 2.45) is 5.73 Å². The highest BCUT2D eigenvalue weighted by Gasteiger charge is 2.40. The SMILES string of the molecule is NC(=O)c1cc(NC2(C(=O)O)CCOCC2)ccn1. The van der Waals surface area contributed by atoms with Crippen molar-refractivity contribution in [1.82, 2.24) is 4.98 Å². The number of hydrogen-bond donors (Lipinski definition) is 3. The summed E-state index contributed by atoms with van der Waals surface area (Å²) in [6, 6.07) is 3.05. The summed E-state index contributed by atoms with van der Waals surface area (Å²) in [6.07, 6.45) is 2.13. The van der Waals surface area contributed by atoms with Gasteiger partial charge in [0.2, 0.25) is 0 Å². The molecule has 1 fully saturated rings. The Hall–Kier alpha value is -2.15. The van der Waals surface area contributed by atoms with E-state index in [9.17, 15) is 14.7 Å². The van der Waals surface area contributed by atoms with E-state index in [0.29, 0.717) is 31.7 Å². The second kappa shape index (κ2) is 5.23. The van der Waals surface area contributed by atoms with Gasteiger partial charge in [-0.3, -0.25) is 9.78 Å². The van der Waals surface area contributed by atoms with Gasteiger partial charge in [0.1, 0.15) is 11.2 Å². The molecule has 0 spiro atoms. The number of amides is 1. The Morgan fingerprint density at radius 3 is 2.68 bits per heavy atom. The molecule has 7 heteroatoms. The van der Waals surface area contributed by atoms with Gasteiger partial charge in [-0.15, -0.1) is 0 Å². The fraction of sp³-hybridized carbons (Fsp3) is 0.417. The van der Waals surface area contributed by atoms with E-state index in [1.165, 1.54) is 12.3 Å². The number of ether oxygens (including phenoxy) is 1. The van der Waals surface area contributed by atoms with Crippen LogP contribution in [-0.2, 0) is 9.53 Å². The molecule has 0 bridgehead atoms. The lowest BCUT2D eigenvalue weighted by Gasteiger charge is -2.34. The van der Waals surface area contributed by atoms with E-state index in [-0.39, 0.29) is 5.69 Å². The number of carbonyl (C=O) groups is 2. The maximum atomic E-state index is 11.5. The quantitative estimate of drug-likeness (QED) is 0.717. The first kappa shape index (κ1) is 13.3. The van der Waals surface area contributed by atoms with Crippen molar-refractivity contribution in [1.29, 1.82) is 0 Å². The predicted molar refractivity (Wildman–Crippen MR) is 66.8 cm³/mol. The number of hydrogen-bond acceptors (Lipinski definition) is 5. The summed E-state index contributed by atoms with van der Waals surface area (Å²) < 4.78 is 5.18. The first-order valence-corrected chi connectivity index (χ1v) is 5.89. The first-order chi connectivity index (χ1) is 9.03. The van der Waals surface area contributed by atoms with Crippen LogP contribution in [0.4, 0.5) is 5.69 Å². The largest absolute Gasteiger partial charge is 0.480 e. The zero-order chi connectivity index (χ0) is 13.9. The number of carboxylic acids is 1. The Morgan fingerprint density at radius 1 is 1.42 bits per heavy atom. The van der Waals surface area contributed by atoms with Crippen LogP contribution in [0.2, 0.25) is 0 Å². The third-order valence-electron chi connectivity index (χ3n) is 3.15. The standard InChI is InChI=1S/C12H15N3O4/c13-10(16)9-7-8(1-4-14-9)15-12(11(17)18)2-5-19-6-3-12/h1,4,7H,2-3,5-6H2,(H2,13,16)(H,14,15)(H,17,18). The van der Waals surface area contributed by atoms with Crippen molar-refractivity contribution >= 4 is 17.6 Å². The number of anilines is 1. The van der Waals surface area contributed by atoms with Crippen LogP contribution in [0.25, 0.3) is 0 Å². The number of carboxylic acid groups (broad SMARTS) is 1. The number of aliphatic carboxylic acids is 1. The van der Waals surface area contributed by atoms with Crippen LogP contribution in [0.15, 0.2) is 18.3 Å². The maximum Gasteiger partial charge on any atom is 0.329 e. The van der Waals surface area contributed by atoms with Gasteiger partial charge < -0.3 is 20.9 Å². The van der Waals surface area contributed by atoms with Gasteiger partial charge in [-0.1, -0.05) is 0 Å². The Balaban J connectivity index is 2.24. The van der Waals surface area contributed by atoms with E-state index in [4.69, 9.17) is 10.5 Å². The molecule has 1 aromatic rings. The second-order valence-electron chi connectivity index (χ2n) is 4.42. The number of nitrogens with two attached hydrogens (primary N) is 1. The molecule has 0 aromatic carbocycles. The Bertz CT molecular complexity index is 498. The number of pyridine rings is 1. The fourth-order valence-corrected chi connectivity index (χ4v) is 2.03. The number of primary amides is 1. The van der Waals surface area contributed by atoms with Crippen LogP contribution in [0.3, 0.4) is 0 Å². The smallest absolute Gasteiger partial charge is 0.329 e. The molecule has 7 nitrogen and oxygen atoms in total. The van der Waals surface area contributed by atoms with Gasteiger partial charge in [0.05, 0.1) is 0 Å². The Kier molecular flexibility index (Phi) is 3.66. The van der Waals surface area contributed by atoms with Gasteiger partial charge in [0.15, 0.2) is 0 Å². The lowest BCUT2D eigenvalue weighted by molar-refractivity contribution is -0.145. The summed E-state index contributed by atoms with van der Waals surface area (Å²) in [7, 11) is 0. The van der Waals surface area contributed by atoms with Crippen LogP contribution in [0.1, 0.15) is 23.3 Å². The minimum absolute atomic E-state index is 0.0950. The van der Waals surface area contributed by atoms with E-state index in [1.54, 1.807) is 6.07 Å². The number of nitrogens with zero attached hydrogens (tertiary/aromatic N) is 1. The van der Waals surface area contributed by atoms with E-state index >= 15 is 0 Å². The van der Waals surface area contributed by atoms with Crippen molar-refractivity contribution in [3.63, 3.8) is 0 Å². The van der Waals surface area contributed by atoms with Crippen molar-refractivity contribution < 1.29 is 19.4 Å². The van der Waals surface area contributed by atoms with E-state index < -0.39 is 17.4 Å². The number of carbonyl (C=O) groups excluding carboxylic acids is 1. The van der Waals surface area contributed by atoms with Gasteiger partial charge in [0.25, 0.3) is 5.91 Å². The van der Waals surface area contributed by atoms with E-state index in [0.717, 1.165) is 0 Å². The zero-order valence-electron chi connectivity index (χ0n) is 10.3. The highest BCUT2D eigenvalue weighted by molar-refractivity contribution is 5.92. The molecule has 0 saturated carbocycles. The molecule has 0 radical (unpaired) electrons. The molecule has 1 aromatic heterocycles. The monoisotopic (exact) mass is 265 g/mol. The topological polar surface area (TPSA) is 115 Å². The predicted octanol–water partition coefficient (Wildman–Crippen LogP) is 0.226. The van der Waals surface area contributed by atoms with Gasteiger partial charge in [-0.2, -0.15) is 0 Å². The zero-order valence-corrected chi connectivity index (χ0v) is 10.3. The number of aromatic nitrogens is 1. The van der Waals surface area contributed by atoms with Crippen LogP contribution in [0.5, 0.6) is 0 Å². The average molecular weight is 265 g/mol. The molecule has 0 aliphatic carbocycles. The molecular formula is C12H15N3O4. The van der Waals surface area contributed by atoms with Crippen LogP contribution in [-0.4, -0.2) is 40.7 Å². The minimum Gasteiger partial charge on any atom is -0.480 e. The third kappa shape index (κ3) is 2.82. The summed E-state index contributed by atoms with van der Waals surface area (Å²) in [6.45, 7) is 0.764. The molecule has 4 N–H and O–H groups in total. The first-order valence-electron chi connectivity index (χ1n) is 5.89. The van der Waals surface area contributed by atoms with Gasteiger partial charge in [0, 0.05) is 37.9 Å². The van der Waals surface area contributed by atoms with Crippen LogP contribution < -0.4 is 11.1 Å². The average Bonchev–Trinajstić information content (AvgIpc) is 2.40. The Labute approximate surface area is 109 Å². The number of rotatable bonds is 4. The number of nitrogens with one attached hydrogen (secondary N) is 1. The van der Waals surface area contributed by atoms with Gasteiger partial charge in [-0.25, -0.2) is 4.79 Å². The highest BCUT2D eigenvalue weighted by Crippen LogP contribution is 2.26. The van der Waals surface area contributed by atoms with Crippen molar-refractivity contribution in [3.05, 3.63) is 24.0 Å². The minimum atomic E-state index is -1.07. The lowest BCUT2D eigenvalue weighted by atomic mass is 9.90. The van der Waals surface area contributed by atoms with Crippen LogP contribution >= 0.6 is 0 Å². The maximum absolute atomic E-state index is 11.5.